The van der Waals surface area contributed by atoms with Gasteiger partial charge in [-0.25, -0.2) is 0 Å². The van der Waals surface area contributed by atoms with Crippen molar-refractivity contribution in [1.29, 1.82) is 0 Å². The van der Waals surface area contributed by atoms with Crippen LogP contribution in [-0.4, -0.2) is 61.8 Å². The molecule has 1 N–H and O–H groups in total. The lowest BCUT2D eigenvalue weighted by Gasteiger charge is -2.32. The highest BCUT2D eigenvalue weighted by Crippen LogP contribution is 2.34. The normalized spacial score (nSPS) is 20.8. The van der Waals surface area contributed by atoms with Gasteiger partial charge in [-0.2, -0.15) is 17.0 Å². The van der Waals surface area contributed by atoms with Crippen LogP contribution in [0.4, 0.5) is 0 Å². The summed E-state index contributed by atoms with van der Waals surface area (Å²) in [6.45, 7) is 2.94. The molecule has 0 unspecified atom stereocenters. The number of ether oxygens (including phenoxy) is 1. The van der Waals surface area contributed by atoms with Gasteiger partial charge in [-0.05, 0) is 56.9 Å². The summed E-state index contributed by atoms with van der Waals surface area (Å²) in [4.78, 5) is 12.2. The van der Waals surface area contributed by atoms with Crippen LogP contribution in [0.25, 0.3) is 0 Å². The van der Waals surface area contributed by atoms with E-state index in [0.29, 0.717) is 37.2 Å². The van der Waals surface area contributed by atoms with Gasteiger partial charge in [0.2, 0.25) is 0 Å². The summed E-state index contributed by atoms with van der Waals surface area (Å²) >= 11 is 0. The molecule has 0 radical (unpaired) electrons. The minimum Gasteiger partial charge on any atom is -0.490 e. The molecule has 3 rings (SSSR count). The number of carbonyl (C=O) groups excluding carboxylic acids is 1. The molecule has 1 aromatic rings. The number of benzene rings is 1. The van der Waals surface area contributed by atoms with Crippen molar-refractivity contribution in [1.82, 2.24) is 13.9 Å². The minimum absolute atomic E-state index is 0.0198. The maximum atomic E-state index is 12.2. The highest BCUT2D eigenvalue weighted by atomic mass is 32.2. The Hall–Kier alpha value is -1.64. The number of nitrogens with zero attached hydrogens (tertiary/aromatic N) is 2. The van der Waals surface area contributed by atoms with Crippen molar-refractivity contribution in [2.75, 3.05) is 27.2 Å². The molecule has 7 nitrogen and oxygen atoms in total. The molecule has 1 amide bonds. The summed E-state index contributed by atoms with van der Waals surface area (Å²) in [6, 6.07) is 7.13. The molecule has 8 heteroatoms. The third-order valence-corrected chi connectivity index (χ3v) is 6.96. The van der Waals surface area contributed by atoms with E-state index in [1.165, 1.54) is 8.61 Å². The van der Waals surface area contributed by atoms with E-state index in [4.69, 9.17) is 4.74 Å². The van der Waals surface area contributed by atoms with E-state index in [0.717, 1.165) is 12.8 Å². The Balaban J connectivity index is 1.52. The van der Waals surface area contributed by atoms with Crippen molar-refractivity contribution < 1.29 is 17.9 Å². The lowest BCUT2D eigenvalue weighted by atomic mass is 10.1. The molecule has 144 valence electrons. The van der Waals surface area contributed by atoms with Gasteiger partial charge >= 0.3 is 0 Å². The van der Waals surface area contributed by atoms with Gasteiger partial charge in [-0.15, -0.1) is 0 Å². The van der Waals surface area contributed by atoms with E-state index in [-0.39, 0.29) is 17.6 Å². The summed E-state index contributed by atoms with van der Waals surface area (Å²) in [7, 11) is -0.273. The molecule has 26 heavy (non-hydrogen) atoms. The average Bonchev–Trinajstić information content (AvgIpc) is 3.32. The van der Waals surface area contributed by atoms with Gasteiger partial charge in [0, 0.05) is 38.3 Å². The Morgan fingerprint density at radius 1 is 1.19 bits per heavy atom. The second-order valence-corrected chi connectivity index (χ2v) is 9.69. The Morgan fingerprint density at radius 2 is 1.77 bits per heavy atom. The summed E-state index contributed by atoms with van der Waals surface area (Å²) in [5.41, 5.74) is 0.588. The fourth-order valence-corrected chi connectivity index (χ4v) is 4.08. The average molecular weight is 381 g/mol. The summed E-state index contributed by atoms with van der Waals surface area (Å²) in [5, 5.41) is 3.03. The molecule has 0 aromatic heterocycles. The van der Waals surface area contributed by atoms with Crippen molar-refractivity contribution in [3.05, 3.63) is 29.8 Å². The molecule has 0 spiro atoms. The quantitative estimate of drug-likeness (QED) is 0.812. The van der Waals surface area contributed by atoms with E-state index in [1.807, 2.05) is 6.92 Å². The predicted octanol–water partition coefficient (Wildman–Crippen LogP) is 1.62. The third-order valence-electron chi connectivity index (χ3n) is 5.02. The molecule has 0 atom stereocenters. The van der Waals surface area contributed by atoms with E-state index in [9.17, 15) is 13.2 Å². The van der Waals surface area contributed by atoms with Crippen molar-refractivity contribution in [2.45, 2.75) is 44.2 Å². The molecule has 0 bridgehead atoms. The van der Waals surface area contributed by atoms with Crippen molar-refractivity contribution in [2.24, 2.45) is 0 Å². The maximum absolute atomic E-state index is 12.2. The highest BCUT2D eigenvalue weighted by molar-refractivity contribution is 7.86. The second-order valence-electron chi connectivity index (χ2n) is 7.55. The zero-order chi connectivity index (χ0) is 18.9. The monoisotopic (exact) mass is 381 g/mol. The third kappa shape index (κ3) is 4.36. The molecular formula is C18H27N3O4S. The first-order valence-electron chi connectivity index (χ1n) is 8.96. The van der Waals surface area contributed by atoms with Gasteiger partial charge in [0.15, 0.2) is 0 Å². The van der Waals surface area contributed by atoms with Crippen molar-refractivity contribution in [3.63, 3.8) is 0 Å². The molecule has 1 saturated heterocycles. The number of rotatable bonds is 6. The Labute approximate surface area is 155 Å². The van der Waals surface area contributed by atoms with E-state index in [1.54, 1.807) is 38.4 Å². The molecule has 1 aliphatic carbocycles. The van der Waals surface area contributed by atoms with Crippen molar-refractivity contribution >= 4 is 16.1 Å². The van der Waals surface area contributed by atoms with Crippen LogP contribution in [0.15, 0.2) is 24.3 Å². The van der Waals surface area contributed by atoms with Crippen LogP contribution in [0, 0.1) is 0 Å². The summed E-state index contributed by atoms with van der Waals surface area (Å²) in [6.07, 6.45) is 3.33. The summed E-state index contributed by atoms with van der Waals surface area (Å²) < 4.78 is 32.9. The fraction of sp³-hybridized carbons (Fsp3) is 0.611. The zero-order valence-corrected chi connectivity index (χ0v) is 16.4. The maximum Gasteiger partial charge on any atom is 0.281 e. The smallest absolute Gasteiger partial charge is 0.281 e. The van der Waals surface area contributed by atoms with E-state index < -0.39 is 10.2 Å². The molecule has 1 aromatic carbocycles. The summed E-state index contributed by atoms with van der Waals surface area (Å²) in [5.74, 6) is 0.645. The molecular weight excluding hydrogens is 354 g/mol. The largest absolute Gasteiger partial charge is 0.490 e. The van der Waals surface area contributed by atoms with Crippen LogP contribution >= 0.6 is 0 Å². The highest BCUT2D eigenvalue weighted by Gasteiger charge is 2.38. The van der Waals surface area contributed by atoms with Crippen LogP contribution in [0.5, 0.6) is 5.75 Å². The van der Waals surface area contributed by atoms with Gasteiger partial charge in [0.05, 0.1) is 0 Å². The Kier molecular flexibility index (Phi) is 5.28. The zero-order valence-electron chi connectivity index (χ0n) is 15.6. The lowest BCUT2D eigenvalue weighted by Crippen LogP contribution is -2.46. The van der Waals surface area contributed by atoms with E-state index >= 15 is 0 Å². The van der Waals surface area contributed by atoms with Gasteiger partial charge in [0.1, 0.15) is 11.9 Å². The van der Waals surface area contributed by atoms with Crippen LogP contribution in [0.2, 0.25) is 0 Å². The van der Waals surface area contributed by atoms with Crippen molar-refractivity contribution in [3.8, 4) is 5.75 Å². The number of carbonyl (C=O) groups is 1. The van der Waals surface area contributed by atoms with Gasteiger partial charge in [0.25, 0.3) is 16.1 Å². The number of hydrogen-bond donors (Lipinski definition) is 1. The predicted molar refractivity (Wildman–Crippen MR) is 99.4 cm³/mol. The fourth-order valence-electron chi connectivity index (χ4n) is 2.95. The topological polar surface area (TPSA) is 79.0 Å². The minimum atomic E-state index is -3.35. The Bertz CT molecular complexity index is 749. The molecule has 1 heterocycles. The van der Waals surface area contributed by atoms with E-state index in [2.05, 4.69) is 5.32 Å². The number of piperidine rings is 1. The van der Waals surface area contributed by atoms with Gasteiger partial charge in [-0.1, -0.05) is 0 Å². The number of hydrogen-bond acceptors (Lipinski definition) is 4. The molecule has 1 saturated carbocycles. The van der Waals surface area contributed by atoms with Crippen LogP contribution < -0.4 is 10.1 Å². The lowest BCUT2D eigenvalue weighted by molar-refractivity contribution is 0.0935. The Morgan fingerprint density at radius 3 is 2.27 bits per heavy atom. The van der Waals surface area contributed by atoms with Gasteiger partial charge < -0.3 is 10.1 Å². The first-order chi connectivity index (χ1) is 12.2. The SMILES string of the molecule is CN(C)S(=O)(=O)N1CCC(Oc2ccc(C(=O)NC3(C)CC3)cc2)CC1. The number of amides is 1. The van der Waals surface area contributed by atoms with Crippen LogP contribution in [-0.2, 0) is 10.2 Å². The first kappa shape index (κ1) is 19.1. The first-order valence-corrected chi connectivity index (χ1v) is 10.4. The number of nitrogens with one attached hydrogen (secondary N) is 1. The standard InChI is InChI=1S/C18H27N3O4S/c1-18(10-11-18)19-17(22)14-4-6-15(7-5-14)25-16-8-12-21(13-9-16)26(23,24)20(2)3/h4-7,16H,8-13H2,1-3H3,(H,19,22). The van der Waals surface area contributed by atoms with Crippen LogP contribution in [0.1, 0.15) is 43.0 Å². The van der Waals surface area contributed by atoms with Gasteiger partial charge in [-0.3, -0.25) is 4.79 Å². The van der Waals surface area contributed by atoms with Crippen LogP contribution in [0.3, 0.4) is 0 Å². The molecule has 2 fully saturated rings. The molecule has 1 aliphatic heterocycles. The molecule has 2 aliphatic rings. The second kappa shape index (κ2) is 7.17.